The van der Waals surface area contributed by atoms with Crippen LogP contribution in [-0.4, -0.2) is 60.4 Å². The molecule has 2 aromatic rings. The zero-order chi connectivity index (χ0) is 19.2. The molecule has 1 aliphatic heterocycles. The third-order valence-corrected chi connectivity index (χ3v) is 5.13. The molecule has 0 bridgehead atoms. The lowest BCUT2D eigenvalue weighted by Gasteiger charge is -2.34. The number of piperazine rings is 1. The first kappa shape index (κ1) is 19.0. The molecule has 142 valence electrons. The zero-order valence-corrected chi connectivity index (χ0v) is 15.4. The van der Waals surface area contributed by atoms with Crippen LogP contribution in [0.15, 0.2) is 41.8 Å². The predicted molar refractivity (Wildman–Crippen MR) is 97.9 cm³/mol. The van der Waals surface area contributed by atoms with Crippen molar-refractivity contribution in [1.29, 1.82) is 0 Å². The first-order valence-electron chi connectivity index (χ1n) is 8.53. The monoisotopic (exact) mass is 390 g/mol. The topological polar surface area (TPSA) is 66.9 Å². The Morgan fingerprint density at radius 3 is 2.30 bits per heavy atom. The number of amides is 2. The molecule has 0 spiro atoms. The quantitative estimate of drug-likeness (QED) is 0.732. The summed E-state index contributed by atoms with van der Waals surface area (Å²) in [6, 6.07) is 9.16. The minimum absolute atomic E-state index is 0.0172. The lowest BCUT2D eigenvalue weighted by Crippen LogP contribution is -2.51. The Morgan fingerprint density at radius 2 is 1.67 bits per heavy atom. The van der Waals surface area contributed by atoms with Crippen molar-refractivity contribution in [3.05, 3.63) is 58.0 Å². The number of nitrogens with zero attached hydrogens (tertiary/aromatic N) is 2. The maximum Gasteiger partial charge on any atom is 0.310 e. The molecule has 8 heteroatoms. The van der Waals surface area contributed by atoms with Crippen molar-refractivity contribution in [3.8, 4) is 0 Å². The number of benzene rings is 1. The number of hydrogen-bond acceptors (Lipinski definition) is 5. The van der Waals surface area contributed by atoms with E-state index < -0.39 is 5.97 Å². The van der Waals surface area contributed by atoms with Crippen molar-refractivity contribution in [3.63, 3.8) is 0 Å². The standard InChI is InChI=1S/C19H19FN2O4S/c20-15-5-3-14(4-6-15)12-18(24)26-13-17(23)21-7-9-22(10-8-21)19(25)16-2-1-11-27-16/h1-6,11H,7-10,12-13H2. The van der Waals surface area contributed by atoms with Crippen LogP contribution in [0.5, 0.6) is 0 Å². The molecule has 3 rings (SSSR count). The first-order chi connectivity index (χ1) is 13.0. The van der Waals surface area contributed by atoms with Gasteiger partial charge in [0.05, 0.1) is 11.3 Å². The van der Waals surface area contributed by atoms with Crippen molar-refractivity contribution in [2.75, 3.05) is 32.8 Å². The van der Waals surface area contributed by atoms with Gasteiger partial charge in [0.25, 0.3) is 11.8 Å². The Balaban J connectivity index is 1.41. The highest BCUT2D eigenvalue weighted by atomic mass is 32.1. The van der Waals surface area contributed by atoms with Crippen molar-refractivity contribution in [1.82, 2.24) is 9.80 Å². The molecule has 1 aliphatic rings. The minimum Gasteiger partial charge on any atom is -0.455 e. The van der Waals surface area contributed by atoms with Gasteiger partial charge in [-0.1, -0.05) is 18.2 Å². The van der Waals surface area contributed by atoms with E-state index in [1.807, 2.05) is 11.4 Å². The van der Waals surface area contributed by atoms with Gasteiger partial charge in [-0.3, -0.25) is 14.4 Å². The highest BCUT2D eigenvalue weighted by molar-refractivity contribution is 7.12. The average molecular weight is 390 g/mol. The molecule has 1 aromatic carbocycles. The van der Waals surface area contributed by atoms with E-state index in [2.05, 4.69) is 0 Å². The fourth-order valence-electron chi connectivity index (χ4n) is 2.77. The normalized spacial score (nSPS) is 14.1. The summed E-state index contributed by atoms with van der Waals surface area (Å²) in [6.07, 6.45) is -0.0172. The number of carbonyl (C=O) groups excluding carboxylic acids is 3. The summed E-state index contributed by atoms with van der Waals surface area (Å²) in [7, 11) is 0. The van der Waals surface area contributed by atoms with E-state index in [0.29, 0.717) is 36.6 Å². The molecular formula is C19H19FN2O4S. The van der Waals surface area contributed by atoms with Crippen LogP contribution in [-0.2, 0) is 20.7 Å². The third-order valence-electron chi connectivity index (χ3n) is 4.27. The molecule has 1 aromatic heterocycles. The van der Waals surface area contributed by atoms with Crippen LogP contribution in [0.1, 0.15) is 15.2 Å². The summed E-state index contributed by atoms with van der Waals surface area (Å²) < 4.78 is 17.9. The van der Waals surface area contributed by atoms with Crippen molar-refractivity contribution in [2.45, 2.75) is 6.42 Å². The summed E-state index contributed by atoms with van der Waals surface area (Å²) in [5, 5.41) is 1.85. The molecule has 1 fully saturated rings. The lowest BCUT2D eigenvalue weighted by atomic mass is 10.1. The number of thiophene rings is 1. The van der Waals surface area contributed by atoms with Crippen LogP contribution in [0, 0.1) is 5.82 Å². The zero-order valence-electron chi connectivity index (χ0n) is 14.6. The summed E-state index contributed by atoms with van der Waals surface area (Å²) in [5.74, 6) is -1.23. The van der Waals surface area contributed by atoms with E-state index in [4.69, 9.17) is 4.74 Å². The van der Waals surface area contributed by atoms with Crippen LogP contribution in [0.3, 0.4) is 0 Å². The van der Waals surface area contributed by atoms with E-state index in [9.17, 15) is 18.8 Å². The molecule has 2 heterocycles. The SMILES string of the molecule is O=C(Cc1ccc(F)cc1)OCC(=O)N1CCN(C(=O)c2cccs2)CC1. The maximum absolute atomic E-state index is 12.9. The smallest absolute Gasteiger partial charge is 0.310 e. The third kappa shape index (κ3) is 5.13. The fraction of sp³-hybridized carbons (Fsp3) is 0.316. The summed E-state index contributed by atoms with van der Waals surface area (Å²) in [6.45, 7) is 1.38. The molecule has 1 saturated heterocycles. The van der Waals surface area contributed by atoms with Gasteiger partial charge in [0, 0.05) is 26.2 Å². The Bertz CT molecular complexity index is 800. The van der Waals surface area contributed by atoms with Crippen LogP contribution >= 0.6 is 11.3 Å². The highest BCUT2D eigenvalue weighted by Crippen LogP contribution is 2.14. The second-order valence-electron chi connectivity index (χ2n) is 6.11. The van der Waals surface area contributed by atoms with Crippen molar-refractivity contribution >= 4 is 29.1 Å². The van der Waals surface area contributed by atoms with Crippen LogP contribution in [0.4, 0.5) is 4.39 Å². The van der Waals surface area contributed by atoms with Crippen molar-refractivity contribution < 1.29 is 23.5 Å². The first-order valence-corrected chi connectivity index (χ1v) is 9.41. The van der Waals surface area contributed by atoms with Gasteiger partial charge in [-0.15, -0.1) is 11.3 Å². The van der Waals surface area contributed by atoms with Gasteiger partial charge >= 0.3 is 5.97 Å². The van der Waals surface area contributed by atoms with E-state index in [-0.39, 0.29) is 30.7 Å². The van der Waals surface area contributed by atoms with Gasteiger partial charge in [-0.25, -0.2) is 4.39 Å². The van der Waals surface area contributed by atoms with Crippen LogP contribution < -0.4 is 0 Å². The van der Waals surface area contributed by atoms with Gasteiger partial charge in [0.1, 0.15) is 5.82 Å². The largest absolute Gasteiger partial charge is 0.455 e. The number of carbonyl (C=O) groups is 3. The highest BCUT2D eigenvalue weighted by Gasteiger charge is 2.25. The Labute approximate surface area is 160 Å². The number of rotatable bonds is 5. The summed E-state index contributed by atoms with van der Waals surface area (Å²) in [5.41, 5.74) is 0.620. The van der Waals surface area contributed by atoms with E-state index >= 15 is 0 Å². The number of hydrogen-bond donors (Lipinski definition) is 0. The van der Waals surface area contributed by atoms with Crippen LogP contribution in [0.2, 0.25) is 0 Å². The fourth-order valence-corrected chi connectivity index (χ4v) is 3.46. The Hall–Kier alpha value is -2.74. The van der Waals surface area contributed by atoms with Gasteiger partial charge in [0.15, 0.2) is 6.61 Å². The second-order valence-corrected chi connectivity index (χ2v) is 7.06. The van der Waals surface area contributed by atoms with E-state index in [1.54, 1.807) is 15.9 Å². The molecule has 0 unspecified atom stereocenters. The van der Waals surface area contributed by atoms with Crippen molar-refractivity contribution in [2.24, 2.45) is 0 Å². The molecule has 6 nitrogen and oxygen atoms in total. The Kier molecular flexibility index (Phi) is 6.18. The molecule has 0 aliphatic carbocycles. The number of ether oxygens (including phenoxy) is 1. The average Bonchev–Trinajstić information content (AvgIpc) is 3.22. The second kappa shape index (κ2) is 8.77. The van der Waals surface area contributed by atoms with Crippen LogP contribution in [0.25, 0.3) is 0 Å². The van der Waals surface area contributed by atoms with Gasteiger partial charge in [-0.05, 0) is 29.1 Å². The molecule has 27 heavy (non-hydrogen) atoms. The van der Waals surface area contributed by atoms with Gasteiger partial charge in [-0.2, -0.15) is 0 Å². The molecule has 0 saturated carbocycles. The van der Waals surface area contributed by atoms with E-state index in [1.165, 1.54) is 35.6 Å². The molecular weight excluding hydrogens is 371 g/mol. The van der Waals surface area contributed by atoms with E-state index in [0.717, 1.165) is 0 Å². The summed E-state index contributed by atoms with van der Waals surface area (Å²) in [4.78, 5) is 40.3. The number of esters is 1. The maximum atomic E-state index is 12.9. The lowest BCUT2D eigenvalue weighted by molar-refractivity contribution is -0.152. The summed E-state index contributed by atoms with van der Waals surface area (Å²) >= 11 is 1.39. The Morgan fingerprint density at radius 1 is 1.00 bits per heavy atom. The molecule has 0 radical (unpaired) electrons. The molecule has 0 atom stereocenters. The number of halogens is 1. The molecule has 2 amide bonds. The molecule has 0 N–H and O–H groups in total. The predicted octanol–water partition coefficient (Wildman–Crippen LogP) is 1.96. The minimum atomic E-state index is -0.540. The van der Waals surface area contributed by atoms with Gasteiger partial charge in [0.2, 0.25) is 0 Å². The van der Waals surface area contributed by atoms with Gasteiger partial charge < -0.3 is 14.5 Å².